The van der Waals surface area contributed by atoms with Crippen molar-refractivity contribution in [3.63, 3.8) is 0 Å². The number of aromatic hydroxyl groups is 1. The van der Waals surface area contributed by atoms with Gasteiger partial charge in [-0.15, -0.1) is 0 Å². The van der Waals surface area contributed by atoms with E-state index < -0.39 is 0 Å². The van der Waals surface area contributed by atoms with E-state index in [1.807, 2.05) is 26.0 Å². The predicted molar refractivity (Wildman–Crippen MR) is 89.3 cm³/mol. The number of phenolic OH excluding ortho intramolecular Hbond substituents is 1. The van der Waals surface area contributed by atoms with Gasteiger partial charge < -0.3 is 15.3 Å². The Morgan fingerprint density at radius 3 is 2.32 bits per heavy atom. The van der Waals surface area contributed by atoms with Crippen molar-refractivity contribution in [3.05, 3.63) is 24.3 Å². The number of amides is 1. The van der Waals surface area contributed by atoms with Crippen LogP contribution in [0.3, 0.4) is 0 Å². The molecule has 1 heterocycles. The Labute approximate surface area is 132 Å². The third-order valence-electron chi connectivity index (χ3n) is 4.32. The number of benzene rings is 1. The number of hydrogen-bond donors (Lipinski definition) is 2. The number of carbonyl (C=O) groups excluding carboxylic acids is 1. The molecule has 2 N–H and O–H groups in total. The molecule has 122 valence electrons. The second kappa shape index (κ2) is 7.01. The second-order valence-electron chi connectivity index (χ2n) is 6.57. The minimum atomic E-state index is -0.134. The van der Waals surface area contributed by atoms with Crippen LogP contribution >= 0.6 is 0 Å². The minimum Gasteiger partial charge on any atom is -0.508 e. The van der Waals surface area contributed by atoms with Crippen LogP contribution in [0, 0.1) is 0 Å². The molecule has 1 aliphatic rings. The SMILES string of the molecule is CCC(C)(C)NC(=O)CN1CCN(c2ccc(O)cc2)CC1. The van der Waals surface area contributed by atoms with Crippen molar-refractivity contribution in [1.82, 2.24) is 10.2 Å². The molecule has 0 spiro atoms. The highest BCUT2D eigenvalue weighted by molar-refractivity contribution is 5.78. The standard InChI is InChI=1S/C17H27N3O2/c1-4-17(2,3)18-16(22)13-19-9-11-20(12-10-19)14-5-7-15(21)8-6-14/h5-8,21H,4,9-13H2,1-3H3,(H,18,22). The first-order valence-corrected chi connectivity index (χ1v) is 7.97. The maximum Gasteiger partial charge on any atom is 0.234 e. The van der Waals surface area contributed by atoms with Crippen molar-refractivity contribution in [1.29, 1.82) is 0 Å². The zero-order valence-electron chi connectivity index (χ0n) is 13.8. The third-order valence-corrected chi connectivity index (χ3v) is 4.32. The Bertz CT molecular complexity index is 491. The van der Waals surface area contributed by atoms with Gasteiger partial charge in [0.15, 0.2) is 0 Å². The fourth-order valence-electron chi connectivity index (χ4n) is 2.54. The summed E-state index contributed by atoms with van der Waals surface area (Å²) in [5.41, 5.74) is 0.985. The van der Waals surface area contributed by atoms with Crippen molar-refractivity contribution >= 4 is 11.6 Å². The lowest BCUT2D eigenvalue weighted by Gasteiger charge is -2.36. The topological polar surface area (TPSA) is 55.8 Å². The largest absolute Gasteiger partial charge is 0.508 e. The van der Waals surface area contributed by atoms with Crippen molar-refractivity contribution < 1.29 is 9.90 Å². The van der Waals surface area contributed by atoms with Gasteiger partial charge in [-0.25, -0.2) is 0 Å². The Balaban J connectivity index is 1.80. The molecule has 0 aliphatic carbocycles. The molecule has 0 aromatic heterocycles. The van der Waals surface area contributed by atoms with Crippen LogP contribution in [-0.2, 0) is 4.79 Å². The summed E-state index contributed by atoms with van der Waals surface area (Å²) in [6, 6.07) is 7.28. The van der Waals surface area contributed by atoms with Crippen LogP contribution in [-0.4, -0.2) is 54.2 Å². The monoisotopic (exact) mass is 305 g/mol. The molecule has 22 heavy (non-hydrogen) atoms. The van der Waals surface area contributed by atoms with Crippen molar-refractivity contribution in [3.8, 4) is 5.75 Å². The van der Waals surface area contributed by atoms with E-state index in [1.165, 1.54) is 0 Å². The minimum absolute atomic E-state index is 0.102. The molecule has 0 unspecified atom stereocenters. The predicted octanol–water partition coefficient (Wildman–Crippen LogP) is 1.82. The van der Waals surface area contributed by atoms with Crippen LogP contribution in [0.5, 0.6) is 5.75 Å². The van der Waals surface area contributed by atoms with Crippen LogP contribution in [0.15, 0.2) is 24.3 Å². The Morgan fingerprint density at radius 2 is 1.77 bits per heavy atom. The maximum absolute atomic E-state index is 12.1. The second-order valence-corrected chi connectivity index (χ2v) is 6.57. The Hall–Kier alpha value is -1.75. The summed E-state index contributed by atoms with van der Waals surface area (Å²) in [5.74, 6) is 0.391. The molecular formula is C17H27N3O2. The molecule has 0 radical (unpaired) electrons. The van der Waals surface area contributed by atoms with Gasteiger partial charge in [-0.3, -0.25) is 9.69 Å². The van der Waals surface area contributed by atoms with E-state index in [4.69, 9.17) is 0 Å². The molecule has 1 fully saturated rings. The summed E-state index contributed by atoms with van der Waals surface area (Å²) in [7, 11) is 0. The van der Waals surface area contributed by atoms with Crippen LogP contribution in [0.1, 0.15) is 27.2 Å². The lowest BCUT2D eigenvalue weighted by atomic mass is 10.0. The fourth-order valence-corrected chi connectivity index (χ4v) is 2.54. The molecule has 5 nitrogen and oxygen atoms in total. The highest BCUT2D eigenvalue weighted by Crippen LogP contribution is 2.19. The van der Waals surface area contributed by atoms with E-state index in [9.17, 15) is 9.90 Å². The molecular weight excluding hydrogens is 278 g/mol. The number of rotatable bonds is 5. The van der Waals surface area contributed by atoms with Gasteiger partial charge in [0, 0.05) is 37.4 Å². The van der Waals surface area contributed by atoms with E-state index in [0.717, 1.165) is 38.3 Å². The van der Waals surface area contributed by atoms with E-state index in [2.05, 4.69) is 22.0 Å². The lowest BCUT2D eigenvalue weighted by molar-refractivity contribution is -0.123. The van der Waals surface area contributed by atoms with Gasteiger partial charge in [0.25, 0.3) is 0 Å². The number of phenols is 1. The first kappa shape index (κ1) is 16.6. The van der Waals surface area contributed by atoms with Crippen LogP contribution < -0.4 is 10.2 Å². The van der Waals surface area contributed by atoms with Gasteiger partial charge in [0.05, 0.1) is 6.54 Å². The van der Waals surface area contributed by atoms with Gasteiger partial charge in [-0.1, -0.05) is 6.92 Å². The Kier molecular flexibility index (Phi) is 5.29. The normalized spacial score (nSPS) is 16.6. The van der Waals surface area contributed by atoms with Gasteiger partial charge >= 0.3 is 0 Å². The van der Waals surface area contributed by atoms with Crippen molar-refractivity contribution in [2.45, 2.75) is 32.7 Å². The zero-order chi connectivity index (χ0) is 16.2. The van der Waals surface area contributed by atoms with Crippen molar-refractivity contribution in [2.75, 3.05) is 37.6 Å². The molecule has 0 atom stereocenters. The summed E-state index contributed by atoms with van der Waals surface area (Å²) < 4.78 is 0. The van der Waals surface area contributed by atoms with Crippen LogP contribution in [0.2, 0.25) is 0 Å². The average molecular weight is 305 g/mol. The maximum atomic E-state index is 12.1. The molecule has 1 saturated heterocycles. The smallest absolute Gasteiger partial charge is 0.234 e. The summed E-state index contributed by atoms with van der Waals surface area (Å²) in [6.45, 7) is 10.2. The first-order chi connectivity index (χ1) is 10.4. The van der Waals surface area contributed by atoms with E-state index in [0.29, 0.717) is 6.54 Å². The molecule has 1 aromatic rings. The van der Waals surface area contributed by atoms with Gasteiger partial charge in [-0.05, 0) is 44.5 Å². The van der Waals surface area contributed by atoms with Gasteiger partial charge in [-0.2, -0.15) is 0 Å². The highest BCUT2D eigenvalue weighted by Gasteiger charge is 2.22. The Morgan fingerprint density at radius 1 is 1.18 bits per heavy atom. The molecule has 0 saturated carbocycles. The zero-order valence-corrected chi connectivity index (χ0v) is 13.8. The van der Waals surface area contributed by atoms with E-state index in [-0.39, 0.29) is 17.2 Å². The quantitative estimate of drug-likeness (QED) is 0.871. The highest BCUT2D eigenvalue weighted by atomic mass is 16.3. The van der Waals surface area contributed by atoms with Crippen LogP contribution in [0.25, 0.3) is 0 Å². The molecule has 5 heteroatoms. The number of anilines is 1. The summed E-state index contributed by atoms with van der Waals surface area (Å²) in [5, 5.41) is 12.4. The van der Waals surface area contributed by atoms with Gasteiger partial charge in [0.1, 0.15) is 5.75 Å². The molecule has 2 rings (SSSR count). The average Bonchev–Trinajstić information content (AvgIpc) is 2.48. The van der Waals surface area contributed by atoms with E-state index in [1.54, 1.807) is 12.1 Å². The summed E-state index contributed by atoms with van der Waals surface area (Å²) in [6.07, 6.45) is 0.924. The summed E-state index contributed by atoms with van der Waals surface area (Å²) >= 11 is 0. The number of nitrogens with one attached hydrogen (secondary N) is 1. The molecule has 1 aliphatic heterocycles. The van der Waals surface area contributed by atoms with Gasteiger partial charge in [0.2, 0.25) is 5.91 Å². The molecule has 0 bridgehead atoms. The first-order valence-electron chi connectivity index (χ1n) is 7.97. The van der Waals surface area contributed by atoms with E-state index >= 15 is 0 Å². The van der Waals surface area contributed by atoms with Crippen LogP contribution in [0.4, 0.5) is 5.69 Å². The third kappa shape index (κ3) is 4.63. The molecule has 1 amide bonds. The number of piperazine rings is 1. The number of hydrogen-bond acceptors (Lipinski definition) is 4. The number of carbonyl (C=O) groups is 1. The van der Waals surface area contributed by atoms with Crippen molar-refractivity contribution in [2.24, 2.45) is 0 Å². The number of nitrogens with zero attached hydrogens (tertiary/aromatic N) is 2. The lowest BCUT2D eigenvalue weighted by Crippen LogP contribution is -2.52. The summed E-state index contributed by atoms with van der Waals surface area (Å²) in [4.78, 5) is 16.6. The fraction of sp³-hybridized carbons (Fsp3) is 0.588. The molecule has 1 aromatic carbocycles.